The minimum atomic E-state index is -0.693. The van der Waals surface area contributed by atoms with Gasteiger partial charge in [-0.3, -0.25) is 4.79 Å². The van der Waals surface area contributed by atoms with Gasteiger partial charge >= 0.3 is 0 Å². The molecule has 2 aromatic carbocycles. The van der Waals surface area contributed by atoms with Crippen molar-refractivity contribution in [3.8, 4) is 5.75 Å². The minimum absolute atomic E-state index is 0.174. The maximum Gasteiger partial charge on any atom is 0.158 e. The molecule has 21 heavy (non-hydrogen) atoms. The van der Waals surface area contributed by atoms with Crippen molar-refractivity contribution in [3.05, 3.63) is 70.1 Å². The van der Waals surface area contributed by atoms with Gasteiger partial charge in [-0.25, -0.2) is 0 Å². The lowest BCUT2D eigenvalue weighted by molar-refractivity contribution is -0.116. The molecule has 0 aliphatic carbocycles. The SMILES string of the molecule is N[C@@H](Cc1ccc(O)cc1)C(=O)[CH]c1c(Cl)cccc1Cl. The first-order valence-corrected chi connectivity index (χ1v) is 7.09. The molecule has 5 heteroatoms. The summed E-state index contributed by atoms with van der Waals surface area (Å²) in [6.45, 7) is 0. The number of nitrogens with two attached hydrogens (primary N) is 1. The van der Waals surface area contributed by atoms with Crippen molar-refractivity contribution in [1.29, 1.82) is 0 Å². The van der Waals surface area contributed by atoms with Crippen molar-refractivity contribution < 1.29 is 9.90 Å². The first-order valence-electron chi connectivity index (χ1n) is 6.33. The van der Waals surface area contributed by atoms with Crippen LogP contribution in [0.15, 0.2) is 42.5 Å². The summed E-state index contributed by atoms with van der Waals surface area (Å²) in [6, 6.07) is 10.9. The fourth-order valence-corrected chi connectivity index (χ4v) is 2.39. The highest BCUT2D eigenvalue weighted by Crippen LogP contribution is 2.26. The zero-order valence-corrected chi connectivity index (χ0v) is 12.6. The van der Waals surface area contributed by atoms with Gasteiger partial charge in [-0.2, -0.15) is 0 Å². The molecule has 0 unspecified atom stereocenters. The number of halogens is 2. The monoisotopic (exact) mass is 322 g/mol. The molecule has 0 saturated carbocycles. The summed E-state index contributed by atoms with van der Waals surface area (Å²) in [4.78, 5) is 12.1. The van der Waals surface area contributed by atoms with Crippen LogP contribution >= 0.6 is 23.2 Å². The smallest absolute Gasteiger partial charge is 0.158 e. The van der Waals surface area contributed by atoms with E-state index in [1.807, 2.05) is 0 Å². The predicted molar refractivity (Wildman–Crippen MR) is 84.7 cm³/mol. The number of aromatic hydroxyl groups is 1. The number of hydrogen-bond acceptors (Lipinski definition) is 3. The van der Waals surface area contributed by atoms with E-state index in [2.05, 4.69) is 0 Å². The molecule has 0 bridgehead atoms. The predicted octanol–water partition coefficient (Wildman–Crippen LogP) is 3.39. The molecule has 0 aromatic heterocycles. The maximum absolute atomic E-state index is 12.1. The van der Waals surface area contributed by atoms with Gasteiger partial charge in [0, 0.05) is 15.6 Å². The second kappa shape index (κ2) is 6.94. The summed E-state index contributed by atoms with van der Waals surface area (Å²) in [6.07, 6.45) is 1.74. The van der Waals surface area contributed by atoms with Gasteiger partial charge in [0.1, 0.15) is 5.75 Å². The normalized spacial score (nSPS) is 12.1. The molecule has 0 fully saturated rings. The van der Waals surface area contributed by atoms with Crippen LogP contribution in [0.4, 0.5) is 0 Å². The van der Waals surface area contributed by atoms with Gasteiger partial charge in [0.2, 0.25) is 0 Å². The van der Waals surface area contributed by atoms with Gasteiger partial charge in [0.25, 0.3) is 0 Å². The molecule has 1 radical (unpaired) electrons. The molecule has 2 rings (SSSR count). The van der Waals surface area contributed by atoms with Gasteiger partial charge in [0.15, 0.2) is 5.78 Å². The van der Waals surface area contributed by atoms with Crippen molar-refractivity contribution in [1.82, 2.24) is 0 Å². The number of carbonyl (C=O) groups is 1. The third-order valence-electron chi connectivity index (χ3n) is 3.04. The fourth-order valence-electron chi connectivity index (χ4n) is 1.88. The Morgan fingerprint density at radius 2 is 1.71 bits per heavy atom. The van der Waals surface area contributed by atoms with Crippen molar-refractivity contribution >= 4 is 29.0 Å². The highest BCUT2D eigenvalue weighted by Gasteiger charge is 2.18. The minimum Gasteiger partial charge on any atom is -0.508 e. The molecular weight excluding hydrogens is 309 g/mol. The molecule has 2 aromatic rings. The third kappa shape index (κ3) is 4.21. The van der Waals surface area contributed by atoms with E-state index in [0.717, 1.165) is 5.56 Å². The lowest BCUT2D eigenvalue weighted by Crippen LogP contribution is -2.33. The molecule has 0 aliphatic heterocycles. The van der Waals surface area contributed by atoms with Crippen LogP contribution < -0.4 is 5.73 Å². The highest BCUT2D eigenvalue weighted by molar-refractivity contribution is 6.36. The summed E-state index contributed by atoms with van der Waals surface area (Å²) in [5, 5.41) is 10.0. The van der Waals surface area contributed by atoms with Crippen LogP contribution in [0, 0.1) is 6.42 Å². The molecule has 3 N–H and O–H groups in total. The van der Waals surface area contributed by atoms with Crippen LogP contribution in [-0.2, 0) is 11.2 Å². The second-order valence-electron chi connectivity index (χ2n) is 4.66. The number of carbonyl (C=O) groups excluding carboxylic acids is 1. The molecule has 109 valence electrons. The van der Waals surface area contributed by atoms with Crippen LogP contribution in [0.1, 0.15) is 11.1 Å². The average Bonchev–Trinajstić information content (AvgIpc) is 2.45. The molecule has 0 amide bonds. The lowest BCUT2D eigenvalue weighted by Gasteiger charge is -2.12. The number of Topliss-reactive ketones (excluding diaryl/α,β-unsaturated/α-hetero) is 1. The summed E-state index contributed by atoms with van der Waals surface area (Å²) < 4.78 is 0. The summed E-state index contributed by atoms with van der Waals surface area (Å²) in [5.74, 6) is -0.0777. The van der Waals surface area contributed by atoms with Gasteiger partial charge in [-0.15, -0.1) is 0 Å². The molecule has 0 saturated heterocycles. The Labute approximate surface area is 133 Å². The number of rotatable bonds is 5. The summed E-state index contributed by atoms with van der Waals surface area (Å²) in [5.41, 5.74) is 7.25. The Morgan fingerprint density at radius 3 is 2.29 bits per heavy atom. The second-order valence-corrected chi connectivity index (χ2v) is 5.47. The van der Waals surface area contributed by atoms with Crippen LogP contribution in [0.2, 0.25) is 10.0 Å². The first-order chi connectivity index (χ1) is 9.97. The highest BCUT2D eigenvalue weighted by atomic mass is 35.5. The van der Waals surface area contributed by atoms with Gasteiger partial charge in [0.05, 0.1) is 12.5 Å². The Hall–Kier alpha value is -1.55. The van der Waals surface area contributed by atoms with E-state index < -0.39 is 6.04 Å². The maximum atomic E-state index is 12.1. The van der Waals surface area contributed by atoms with Crippen molar-refractivity contribution in [2.45, 2.75) is 12.5 Å². The van der Waals surface area contributed by atoms with E-state index in [1.165, 1.54) is 6.42 Å². The van der Waals surface area contributed by atoms with E-state index in [-0.39, 0.29) is 11.5 Å². The van der Waals surface area contributed by atoms with Crippen LogP contribution in [0.3, 0.4) is 0 Å². The van der Waals surface area contributed by atoms with Crippen molar-refractivity contribution in [2.24, 2.45) is 5.73 Å². The number of hydrogen-bond donors (Lipinski definition) is 2. The van der Waals surface area contributed by atoms with E-state index in [0.29, 0.717) is 22.0 Å². The lowest BCUT2D eigenvalue weighted by atomic mass is 9.98. The van der Waals surface area contributed by atoms with Crippen molar-refractivity contribution in [2.75, 3.05) is 0 Å². The molecular formula is C16H14Cl2NO2. The van der Waals surface area contributed by atoms with E-state index in [4.69, 9.17) is 28.9 Å². The van der Waals surface area contributed by atoms with E-state index in [1.54, 1.807) is 42.5 Å². The number of phenolic OH excluding ortho intramolecular Hbond substituents is 1. The molecule has 0 aliphatic rings. The van der Waals surface area contributed by atoms with Crippen LogP contribution in [0.25, 0.3) is 0 Å². The Bertz CT molecular complexity index is 621. The Morgan fingerprint density at radius 1 is 1.14 bits per heavy atom. The van der Waals surface area contributed by atoms with Crippen LogP contribution in [-0.4, -0.2) is 16.9 Å². The Balaban J connectivity index is 2.04. The molecule has 1 atom stereocenters. The summed E-state index contributed by atoms with van der Waals surface area (Å²) in [7, 11) is 0. The molecule has 0 heterocycles. The topological polar surface area (TPSA) is 63.3 Å². The standard InChI is InChI=1S/C16H14Cl2NO2/c17-13-2-1-3-14(18)12(13)9-16(21)15(19)8-10-4-6-11(20)7-5-10/h1-7,9,15,20H,8,19H2/t15-/m0/s1. The van der Waals surface area contributed by atoms with Gasteiger partial charge < -0.3 is 10.8 Å². The number of ketones is 1. The summed E-state index contributed by atoms with van der Waals surface area (Å²) >= 11 is 12.0. The zero-order chi connectivity index (χ0) is 15.4. The number of phenols is 1. The fraction of sp³-hybridized carbons (Fsp3) is 0.125. The zero-order valence-electron chi connectivity index (χ0n) is 11.1. The van der Waals surface area contributed by atoms with Gasteiger partial charge in [-0.05, 0) is 36.2 Å². The first kappa shape index (κ1) is 15.8. The van der Waals surface area contributed by atoms with Crippen molar-refractivity contribution in [3.63, 3.8) is 0 Å². The largest absolute Gasteiger partial charge is 0.508 e. The van der Waals surface area contributed by atoms with Crippen LogP contribution in [0.5, 0.6) is 5.75 Å². The molecule has 3 nitrogen and oxygen atoms in total. The third-order valence-corrected chi connectivity index (χ3v) is 3.70. The number of benzene rings is 2. The van der Waals surface area contributed by atoms with E-state index in [9.17, 15) is 9.90 Å². The molecule has 0 spiro atoms. The van der Waals surface area contributed by atoms with Gasteiger partial charge in [-0.1, -0.05) is 41.4 Å². The quantitative estimate of drug-likeness (QED) is 0.886. The Kier molecular flexibility index (Phi) is 5.23. The van der Waals surface area contributed by atoms with E-state index >= 15 is 0 Å². The average molecular weight is 323 g/mol.